The Kier molecular flexibility index (Phi) is 4.96. The first-order valence-electron chi connectivity index (χ1n) is 10.7. The summed E-state index contributed by atoms with van der Waals surface area (Å²) >= 11 is 0. The molecule has 4 aromatic heterocycles. The second-order valence-electron chi connectivity index (χ2n) is 8.31. The van der Waals surface area contributed by atoms with Crippen molar-refractivity contribution in [3.05, 3.63) is 60.1 Å². The molecule has 0 fully saturated rings. The number of nitrogens with zero attached hydrogens (tertiary/aromatic N) is 8. The Bertz CT molecular complexity index is 1480. The topological polar surface area (TPSA) is 87.2 Å². The van der Waals surface area contributed by atoms with Crippen molar-refractivity contribution in [1.82, 2.24) is 39.5 Å². The van der Waals surface area contributed by atoms with E-state index in [0.717, 1.165) is 28.1 Å². The van der Waals surface area contributed by atoms with Crippen molar-refractivity contribution in [2.24, 2.45) is 7.05 Å². The van der Waals surface area contributed by atoms with Gasteiger partial charge in [-0.1, -0.05) is 18.2 Å². The predicted molar refractivity (Wildman–Crippen MR) is 124 cm³/mol. The quantitative estimate of drug-likeness (QED) is 0.401. The third-order valence-corrected chi connectivity index (χ3v) is 5.65. The molecule has 33 heavy (non-hydrogen) atoms. The van der Waals surface area contributed by atoms with Crippen LogP contribution in [0.4, 0.5) is 4.39 Å². The second kappa shape index (κ2) is 7.84. The maximum atomic E-state index is 14.7. The van der Waals surface area contributed by atoms with E-state index in [9.17, 15) is 4.39 Å². The summed E-state index contributed by atoms with van der Waals surface area (Å²) in [7, 11) is 1.67. The van der Waals surface area contributed by atoms with E-state index in [1.165, 1.54) is 10.9 Å². The molecule has 5 rings (SSSR count). The van der Waals surface area contributed by atoms with E-state index in [4.69, 9.17) is 4.98 Å². The minimum Gasteiger partial charge on any atom is -0.270 e. The van der Waals surface area contributed by atoms with Crippen LogP contribution in [0.5, 0.6) is 0 Å². The molecule has 4 heterocycles. The Balaban J connectivity index is 1.71. The fourth-order valence-electron chi connectivity index (χ4n) is 3.69. The Morgan fingerprint density at radius 3 is 2.33 bits per heavy atom. The lowest BCUT2D eigenvalue weighted by molar-refractivity contribution is 0.532. The Labute approximate surface area is 190 Å². The van der Waals surface area contributed by atoms with Crippen LogP contribution in [0.25, 0.3) is 45.1 Å². The van der Waals surface area contributed by atoms with Gasteiger partial charge in [-0.3, -0.25) is 9.36 Å². The molecule has 0 aliphatic rings. The van der Waals surface area contributed by atoms with Gasteiger partial charge in [-0.2, -0.15) is 10.2 Å². The number of rotatable bonds is 4. The third kappa shape index (κ3) is 3.65. The SMILES string of the molecule is Cc1nc2nc(-c3cccc(-c4cnn(C(C)C)c4)c3)nc(-c3c(F)cnn3C)c2nc1C. The summed E-state index contributed by atoms with van der Waals surface area (Å²) in [5.41, 5.74) is 5.74. The van der Waals surface area contributed by atoms with Crippen molar-refractivity contribution in [1.29, 1.82) is 0 Å². The van der Waals surface area contributed by atoms with Gasteiger partial charge in [0, 0.05) is 30.4 Å². The molecule has 5 aromatic rings. The molecule has 8 nitrogen and oxygen atoms in total. The number of hydrogen-bond acceptors (Lipinski definition) is 6. The van der Waals surface area contributed by atoms with Gasteiger partial charge in [0.1, 0.15) is 16.9 Å². The average Bonchev–Trinajstić information content (AvgIpc) is 3.41. The summed E-state index contributed by atoms with van der Waals surface area (Å²) in [4.78, 5) is 18.7. The molecule has 0 atom stereocenters. The van der Waals surface area contributed by atoms with Crippen LogP contribution >= 0.6 is 0 Å². The number of halogens is 1. The van der Waals surface area contributed by atoms with Gasteiger partial charge in [-0.25, -0.2) is 24.3 Å². The van der Waals surface area contributed by atoms with Gasteiger partial charge in [0.25, 0.3) is 0 Å². The largest absolute Gasteiger partial charge is 0.270 e. The van der Waals surface area contributed by atoms with Crippen molar-refractivity contribution < 1.29 is 4.39 Å². The van der Waals surface area contributed by atoms with Crippen LogP contribution in [0, 0.1) is 19.7 Å². The Morgan fingerprint density at radius 1 is 0.879 bits per heavy atom. The first-order valence-corrected chi connectivity index (χ1v) is 10.7. The van der Waals surface area contributed by atoms with Gasteiger partial charge in [0.15, 0.2) is 17.3 Å². The average molecular weight is 443 g/mol. The van der Waals surface area contributed by atoms with Crippen LogP contribution in [-0.4, -0.2) is 39.5 Å². The molecule has 0 amide bonds. The zero-order valence-corrected chi connectivity index (χ0v) is 19.1. The van der Waals surface area contributed by atoms with Crippen molar-refractivity contribution in [3.63, 3.8) is 0 Å². The van der Waals surface area contributed by atoms with Crippen molar-refractivity contribution in [2.75, 3.05) is 0 Å². The van der Waals surface area contributed by atoms with E-state index in [1.54, 1.807) is 7.05 Å². The number of fused-ring (bicyclic) bond motifs is 1. The number of hydrogen-bond donors (Lipinski definition) is 0. The monoisotopic (exact) mass is 442 g/mol. The number of aromatic nitrogens is 8. The summed E-state index contributed by atoms with van der Waals surface area (Å²) in [5.74, 6) is -0.0351. The summed E-state index contributed by atoms with van der Waals surface area (Å²) in [6.45, 7) is 7.90. The summed E-state index contributed by atoms with van der Waals surface area (Å²) < 4.78 is 18.1. The molecule has 9 heteroatoms. The second-order valence-corrected chi connectivity index (χ2v) is 8.31. The molecule has 166 valence electrons. The van der Waals surface area contributed by atoms with E-state index in [-0.39, 0.29) is 11.7 Å². The molecule has 0 aliphatic heterocycles. The standard InChI is InChI=1S/C24H23FN8/c1-13(2)33-12-18(10-27-33)16-7-6-8-17(9-16)23-30-20(22-19(25)11-26-32(22)5)21-24(31-23)29-15(4)14(3)28-21/h6-13H,1-5H3. The van der Waals surface area contributed by atoms with Gasteiger partial charge >= 0.3 is 0 Å². The smallest absolute Gasteiger partial charge is 0.182 e. The predicted octanol–water partition coefficient (Wildman–Crippen LogP) is 4.69. The highest BCUT2D eigenvalue weighted by Gasteiger charge is 2.21. The van der Waals surface area contributed by atoms with Gasteiger partial charge in [0.2, 0.25) is 0 Å². The van der Waals surface area contributed by atoms with Crippen LogP contribution in [0.15, 0.2) is 42.9 Å². The van der Waals surface area contributed by atoms with Crippen molar-refractivity contribution >= 4 is 11.2 Å². The lowest BCUT2D eigenvalue weighted by Crippen LogP contribution is -2.05. The number of aryl methyl sites for hydroxylation is 3. The summed E-state index contributed by atoms with van der Waals surface area (Å²) in [5, 5.41) is 8.47. The maximum Gasteiger partial charge on any atom is 0.182 e. The normalized spacial score (nSPS) is 11.6. The fraction of sp³-hybridized carbons (Fsp3) is 0.250. The lowest BCUT2D eigenvalue weighted by atomic mass is 10.1. The summed E-state index contributed by atoms with van der Waals surface area (Å²) in [6, 6.07) is 8.16. The highest BCUT2D eigenvalue weighted by Crippen LogP contribution is 2.31. The highest BCUT2D eigenvalue weighted by molar-refractivity contribution is 5.88. The molecule has 1 aromatic carbocycles. The Hall–Kier alpha value is -4.01. The molecule has 0 aliphatic carbocycles. The van der Waals surface area contributed by atoms with Gasteiger partial charge in [0.05, 0.1) is 23.8 Å². The van der Waals surface area contributed by atoms with Gasteiger partial charge < -0.3 is 0 Å². The zero-order chi connectivity index (χ0) is 23.3. The van der Waals surface area contributed by atoms with E-state index >= 15 is 0 Å². The van der Waals surface area contributed by atoms with Crippen molar-refractivity contribution in [2.45, 2.75) is 33.7 Å². The molecule has 0 radical (unpaired) electrons. The first-order chi connectivity index (χ1) is 15.8. The molecule has 0 unspecified atom stereocenters. The van der Waals surface area contributed by atoms with E-state index in [0.29, 0.717) is 22.7 Å². The maximum absolute atomic E-state index is 14.7. The van der Waals surface area contributed by atoms with Gasteiger partial charge in [-0.05, 0) is 39.3 Å². The molecular weight excluding hydrogens is 419 g/mol. The van der Waals surface area contributed by atoms with Crippen LogP contribution in [-0.2, 0) is 7.05 Å². The molecule has 0 saturated heterocycles. The molecule has 0 saturated carbocycles. The fourth-order valence-corrected chi connectivity index (χ4v) is 3.69. The minimum absolute atomic E-state index is 0.246. The Morgan fingerprint density at radius 2 is 1.64 bits per heavy atom. The first kappa shape index (κ1) is 20.9. The molecule has 0 bridgehead atoms. The van der Waals surface area contributed by atoms with Crippen LogP contribution in [0.2, 0.25) is 0 Å². The third-order valence-electron chi connectivity index (χ3n) is 5.65. The molecular formula is C24H23FN8. The highest BCUT2D eigenvalue weighted by atomic mass is 19.1. The van der Waals surface area contributed by atoms with Crippen LogP contribution in [0.1, 0.15) is 31.3 Å². The van der Waals surface area contributed by atoms with Crippen molar-refractivity contribution in [3.8, 4) is 33.9 Å². The van der Waals surface area contributed by atoms with Crippen LogP contribution in [0.3, 0.4) is 0 Å². The van der Waals surface area contributed by atoms with E-state index < -0.39 is 5.82 Å². The zero-order valence-electron chi connectivity index (χ0n) is 19.1. The summed E-state index contributed by atoms with van der Waals surface area (Å²) in [6.07, 6.45) is 5.03. The minimum atomic E-state index is -0.474. The lowest BCUT2D eigenvalue weighted by Gasteiger charge is -2.11. The van der Waals surface area contributed by atoms with E-state index in [2.05, 4.69) is 39.0 Å². The number of benzene rings is 1. The molecule has 0 spiro atoms. The van der Waals surface area contributed by atoms with E-state index in [1.807, 2.05) is 55.2 Å². The molecule has 0 N–H and O–H groups in total. The van der Waals surface area contributed by atoms with Crippen LogP contribution < -0.4 is 0 Å². The van der Waals surface area contributed by atoms with Gasteiger partial charge in [-0.15, -0.1) is 0 Å².